The highest BCUT2D eigenvalue weighted by molar-refractivity contribution is 6.34. The summed E-state index contributed by atoms with van der Waals surface area (Å²) < 4.78 is 11.0. The maximum absolute atomic E-state index is 13.2. The number of nitrogens with one attached hydrogen (secondary N) is 1. The Labute approximate surface area is 146 Å². The van der Waals surface area contributed by atoms with Crippen LogP contribution in [0.3, 0.4) is 0 Å². The first-order chi connectivity index (χ1) is 11.5. The second-order valence-corrected chi connectivity index (χ2v) is 6.12. The predicted octanol–water partition coefficient (Wildman–Crippen LogP) is 3.75. The van der Waals surface area contributed by atoms with Gasteiger partial charge in [-0.15, -0.1) is 0 Å². The molecule has 2 aromatic rings. The Morgan fingerprint density at radius 1 is 1.08 bits per heavy atom. The number of ether oxygens (including phenoxy) is 2. The van der Waals surface area contributed by atoms with Crippen molar-refractivity contribution in [1.82, 2.24) is 0 Å². The average molecular weight is 347 g/mol. The van der Waals surface area contributed by atoms with E-state index < -0.39 is 12.0 Å². The SMILES string of the molecule is COC(OC)[C@]1(C)Nc2ccccc2C(=O)N1c1ccccc1Cl. The maximum atomic E-state index is 13.2. The van der Waals surface area contributed by atoms with Crippen LogP contribution in [0.25, 0.3) is 0 Å². The number of carbonyl (C=O) groups is 1. The van der Waals surface area contributed by atoms with E-state index in [1.54, 1.807) is 23.1 Å². The molecule has 3 rings (SSSR count). The van der Waals surface area contributed by atoms with Crippen molar-refractivity contribution in [2.45, 2.75) is 18.9 Å². The summed E-state index contributed by atoms with van der Waals surface area (Å²) in [5, 5.41) is 3.85. The van der Waals surface area contributed by atoms with E-state index in [1.807, 2.05) is 37.3 Å². The van der Waals surface area contributed by atoms with Crippen molar-refractivity contribution in [3.8, 4) is 0 Å². The lowest BCUT2D eigenvalue weighted by Crippen LogP contribution is -2.65. The van der Waals surface area contributed by atoms with Crippen molar-refractivity contribution >= 4 is 28.9 Å². The molecule has 5 nitrogen and oxygen atoms in total. The third kappa shape index (κ3) is 2.55. The van der Waals surface area contributed by atoms with Crippen LogP contribution in [0, 0.1) is 0 Å². The van der Waals surface area contributed by atoms with E-state index in [0.29, 0.717) is 16.3 Å². The van der Waals surface area contributed by atoms with Gasteiger partial charge in [-0.2, -0.15) is 0 Å². The lowest BCUT2D eigenvalue weighted by molar-refractivity contribution is -0.135. The van der Waals surface area contributed by atoms with Crippen molar-refractivity contribution in [1.29, 1.82) is 0 Å². The van der Waals surface area contributed by atoms with E-state index in [9.17, 15) is 4.79 Å². The third-order valence-corrected chi connectivity index (χ3v) is 4.51. The van der Waals surface area contributed by atoms with Gasteiger partial charge < -0.3 is 14.8 Å². The average Bonchev–Trinajstić information content (AvgIpc) is 2.57. The first-order valence-electron chi connectivity index (χ1n) is 7.55. The number of para-hydroxylation sites is 2. The molecule has 1 aliphatic heterocycles. The second kappa shape index (κ2) is 6.43. The van der Waals surface area contributed by atoms with Crippen LogP contribution in [-0.2, 0) is 9.47 Å². The number of rotatable bonds is 4. The lowest BCUT2D eigenvalue weighted by Gasteiger charge is -2.48. The number of hydrogen-bond acceptors (Lipinski definition) is 4. The predicted molar refractivity (Wildman–Crippen MR) is 94.5 cm³/mol. The zero-order chi connectivity index (χ0) is 17.3. The smallest absolute Gasteiger partial charge is 0.262 e. The van der Waals surface area contributed by atoms with E-state index in [0.717, 1.165) is 5.69 Å². The van der Waals surface area contributed by atoms with Gasteiger partial charge in [0.2, 0.25) is 0 Å². The molecule has 0 aliphatic carbocycles. The Balaban J connectivity index is 2.22. The monoisotopic (exact) mass is 346 g/mol. The molecular weight excluding hydrogens is 328 g/mol. The molecule has 2 aromatic carbocycles. The number of fused-ring (bicyclic) bond motifs is 1. The normalized spacial score (nSPS) is 20.0. The molecule has 0 radical (unpaired) electrons. The van der Waals surface area contributed by atoms with E-state index in [4.69, 9.17) is 21.1 Å². The Bertz CT molecular complexity index is 763. The number of methoxy groups -OCH3 is 2. The van der Waals surface area contributed by atoms with E-state index in [1.165, 1.54) is 14.2 Å². The summed E-state index contributed by atoms with van der Waals surface area (Å²) in [7, 11) is 3.08. The summed E-state index contributed by atoms with van der Waals surface area (Å²) in [5.41, 5.74) is 0.918. The van der Waals surface area contributed by atoms with E-state index in [-0.39, 0.29) is 5.91 Å². The molecular formula is C18H19ClN2O3. The minimum atomic E-state index is -0.972. The molecule has 1 aliphatic rings. The first kappa shape index (κ1) is 16.8. The number of amides is 1. The topological polar surface area (TPSA) is 50.8 Å². The quantitative estimate of drug-likeness (QED) is 0.857. The zero-order valence-corrected chi connectivity index (χ0v) is 14.5. The number of halogens is 1. The fourth-order valence-electron chi connectivity index (χ4n) is 3.15. The molecule has 1 heterocycles. The molecule has 0 spiro atoms. The van der Waals surface area contributed by atoms with Crippen LogP contribution < -0.4 is 10.2 Å². The van der Waals surface area contributed by atoms with Crippen LogP contribution in [0.15, 0.2) is 48.5 Å². The molecule has 1 atom stereocenters. The van der Waals surface area contributed by atoms with Crippen molar-refractivity contribution in [2.75, 3.05) is 24.4 Å². The van der Waals surface area contributed by atoms with Crippen LogP contribution in [0.1, 0.15) is 17.3 Å². The molecule has 0 bridgehead atoms. The lowest BCUT2D eigenvalue weighted by atomic mass is 9.98. The summed E-state index contributed by atoms with van der Waals surface area (Å²) in [6.45, 7) is 1.85. The summed E-state index contributed by atoms with van der Waals surface area (Å²) in [6, 6.07) is 14.6. The Morgan fingerprint density at radius 2 is 1.71 bits per heavy atom. The van der Waals surface area contributed by atoms with E-state index >= 15 is 0 Å². The minimum absolute atomic E-state index is 0.168. The number of hydrogen-bond donors (Lipinski definition) is 1. The van der Waals surface area contributed by atoms with Crippen LogP contribution in [-0.4, -0.2) is 32.1 Å². The molecule has 1 amide bonds. The molecule has 1 N–H and O–H groups in total. The molecule has 0 unspecified atom stereocenters. The Morgan fingerprint density at radius 3 is 2.38 bits per heavy atom. The number of benzene rings is 2. The number of nitrogens with zero attached hydrogens (tertiary/aromatic N) is 1. The van der Waals surface area contributed by atoms with Crippen LogP contribution in [0.2, 0.25) is 5.02 Å². The highest BCUT2D eigenvalue weighted by Crippen LogP contribution is 2.40. The first-order valence-corrected chi connectivity index (χ1v) is 7.92. The Hall–Kier alpha value is -2.08. The molecule has 0 aromatic heterocycles. The van der Waals surface area contributed by atoms with Gasteiger partial charge in [0.25, 0.3) is 5.91 Å². The molecule has 24 heavy (non-hydrogen) atoms. The fourth-order valence-corrected chi connectivity index (χ4v) is 3.37. The van der Waals surface area contributed by atoms with Gasteiger partial charge in [0.05, 0.1) is 16.3 Å². The van der Waals surface area contributed by atoms with Crippen molar-refractivity contribution in [3.05, 3.63) is 59.1 Å². The maximum Gasteiger partial charge on any atom is 0.262 e. The molecule has 0 fully saturated rings. The zero-order valence-electron chi connectivity index (χ0n) is 13.7. The second-order valence-electron chi connectivity index (χ2n) is 5.71. The number of carbonyl (C=O) groups excluding carboxylic acids is 1. The van der Waals surface area contributed by atoms with Crippen molar-refractivity contribution in [3.63, 3.8) is 0 Å². The van der Waals surface area contributed by atoms with Gasteiger partial charge in [-0.25, -0.2) is 0 Å². The fraction of sp³-hybridized carbons (Fsp3) is 0.278. The van der Waals surface area contributed by atoms with E-state index in [2.05, 4.69) is 5.32 Å². The molecule has 0 saturated carbocycles. The van der Waals surface area contributed by atoms with Gasteiger partial charge in [0.15, 0.2) is 12.0 Å². The summed E-state index contributed by atoms with van der Waals surface area (Å²) in [5.74, 6) is -0.168. The van der Waals surface area contributed by atoms with Gasteiger partial charge >= 0.3 is 0 Å². The number of anilines is 2. The Kier molecular flexibility index (Phi) is 4.49. The molecule has 0 saturated heterocycles. The van der Waals surface area contributed by atoms with Gasteiger partial charge in [0, 0.05) is 19.9 Å². The molecule has 6 heteroatoms. The van der Waals surface area contributed by atoms with Gasteiger partial charge in [-0.3, -0.25) is 9.69 Å². The standard InChI is InChI=1S/C18H19ClN2O3/c1-18(17(23-2)24-3)20-14-10-6-4-8-12(14)16(22)21(18)15-11-7-5-9-13(15)19/h4-11,17,20H,1-3H3/t18-/m1/s1. The van der Waals surface area contributed by atoms with Crippen LogP contribution >= 0.6 is 11.6 Å². The highest BCUT2D eigenvalue weighted by Gasteiger charge is 2.49. The minimum Gasteiger partial charge on any atom is -0.358 e. The summed E-state index contributed by atoms with van der Waals surface area (Å²) in [6.07, 6.45) is -0.703. The van der Waals surface area contributed by atoms with Crippen molar-refractivity contribution < 1.29 is 14.3 Å². The van der Waals surface area contributed by atoms with Gasteiger partial charge in [-0.1, -0.05) is 35.9 Å². The summed E-state index contributed by atoms with van der Waals surface area (Å²) in [4.78, 5) is 14.8. The van der Waals surface area contributed by atoms with Crippen molar-refractivity contribution in [2.24, 2.45) is 0 Å². The summed E-state index contributed by atoms with van der Waals surface area (Å²) >= 11 is 6.37. The van der Waals surface area contributed by atoms with Crippen LogP contribution in [0.4, 0.5) is 11.4 Å². The third-order valence-electron chi connectivity index (χ3n) is 4.19. The highest BCUT2D eigenvalue weighted by atomic mass is 35.5. The van der Waals surface area contributed by atoms with Gasteiger partial charge in [0.1, 0.15) is 0 Å². The molecule has 126 valence electrons. The van der Waals surface area contributed by atoms with Gasteiger partial charge in [-0.05, 0) is 31.2 Å². The van der Waals surface area contributed by atoms with Crippen LogP contribution in [0.5, 0.6) is 0 Å². The largest absolute Gasteiger partial charge is 0.358 e.